The van der Waals surface area contributed by atoms with Crippen LogP contribution in [-0.2, 0) is 5.33 Å². The molecule has 1 aromatic heterocycles. The zero-order chi connectivity index (χ0) is 13.2. The van der Waals surface area contributed by atoms with Crippen molar-refractivity contribution in [2.75, 3.05) is 0 Å². The molecule has 0 aliphatic heterocycles. The van der Waals surface area contributed by atoms with Crippen molar-refractivity contribution in [2.24, 2.45) is 0 Å². The number of halogens is 1. The number of pyridine rings is 1. The third-order valence-electron chi connectivity index (χ3n) is 3.15. The molecule has 0 atom stereocenters. The number of alkyl halides is 1. The molecule has 3 heteroatoms. The molecule has 0 saturated heterocycles. The summed E-state index contributed by atoms with van der Waals surface area (Å²) < 4.78 is 1.74. The molecule has 0 bridgehead atoms. The molecular weight excluding hydrogens is 302 g/mol. The largest absolute Gasteiger partial charge is 0.277 e. The van der Waals surface area contributed by atoms with E-state index in [9.17, 15) is 4.79 Å². The fourth-order valence-electron chi connectivity index (χ4n) is 2.19. The highest BCUT2D eigenvalue weighted by Gasteiger charge is 2.04. The van der Waals surface area contributed by atoms with Crippen molar-refractivity contribution < 1.29 is 0 Å². The van der Waals surface area contributed by atoms with E-state index in [1.165, 1.54) is 5.56 Å². The van der Waals surface area contributed by atoms with E-state index in [1.54, 1.807) is 10.6 Å². The summed E-state index contributed by atoms with van der Waals surface area (Å²) in [6.45, 7) is 0. The van der Waals surface area contributed by atoms with Gasteiger partial charge in [0.1, 0.15) is 0 Å². The van der Waals surface area contributed by atoms with Gasteiger partial charge >= 0.3 is 0 Å². The molecule has 3 rings (SSSR count). The van der Waals surface area contributed by atoms with Crippen molar-refractivity contribution in [3.05, 3.63) is 76.6 Å². The molecule has 3 aromatic rings. The topological polar surface area (TPSA) is 22.0 Å². The molecule has 1 heterocycles. The number of benzene rings is 2. The van der Waals surface area contributed by atoms with Crippen LogP contribution < -0.4 is 5.56 Å². The zero-order valence-electron chi connectivity index (χ0n) is 10.2. The van der Waals surface area contributed by atoms with Crippen LogP contribution in [0.25, 0.3) is 16.6 Å². The predicted molar refractivity (Wildman–Crippen MR) is 82.2 cm³/mol. The van der Waals surface area contributed by atoms with E-state index in [0.29, 0.717) is 0 Å². The molecule has 0 amide bonds. The molecule has 0 N–H and O–H groups in total. The Bertz CT molecular complexity index is 775. The summed E-state index contributed by atoms with van der Waals surface area (Å²) in [5.41, 5.74) is 3.01. The molecule has 0 radical (unpaired) electrons. The lowest BCUT2D eigenvalue weighted by molar-refractivity contribution is 1.04. The Morgan fingerprint density at radius 1 is 0.895 bits per heavy atom. The van der Waals surface area contributed by atoms with Crippen molar-refractivity contribution in [2.45, 2.75) is 5.33 Å². The Balaban J connectivity index is 2.28. The van der Waals surface area contributed by atoms with Gasteiger partial charge in [-0.2, -0.15) is 0 Å². The maximum Gasteiger partial charge on any atom is 0.255 e. The smallest absolute Gasteiger partial charge is 0.255 e. The highest BCUT2D eigenvalue weighted by molar-refractivity contribution is 9.08. The van der Waals surface area contributed by atoms with Gasteiger partial charge in [0.15, 0.2) is 0 Å². The van der Waals surface area contributed by atoms with Gasteiger partial charge in [0.25, 0.3) is 5.56 Å². The van der Waals surface area contributed by atoms with Crippen molar-refractivity contribution in [3.8, 4) is 5.69 Å². The SMILES string of the molecule is O=c1ccc2ccccc2n1-c1ccc(CBr)cc1. The number of fused-ring (bicyclic) bond motifs is 1. The van der Waals surface area contributed by atoms with E-state index in [-0.39, 0.29) is 5.56 Å². The lowest BCUT2D eigenvalue weighted by Gasteiger charge is -2.10. The number of hydrogen-bond acceptors (Lipinski definition) is 1. The van der Waals surface area contributed by atoms with Crippen LogP contribution in [0, 0.1) is 0 Å². The van der Waals surface area contributed by atoms with Crippen molar-refractivity contribution >= 4 is 26.8 Å². The van der Waals surface area contributed by atoms with Crippen molar-refractivity contribution in [3.63, 3.8) is 0 Å². The predicted octanol–water partition coefficient (Wildman–Crippen LogP) is 3.89. The summed E-state index contributed by atoms with van der Waals surface area (Å²) in [6.07, 6.45) is 0. The molecule has 19 heavy (non-hydrogen) atoms. The normalized spacial score (nSPS) is 10.8. The summed E-state index contributed by atoms with van der Waals surface area (Å²) in [6, 6.07) is 19.4. The monoisotopic (exact) mass is 313 g/mol. The first-order valence-electron chi connectivity index (χ1n) is 6.06. The number of hydrogen-bond donors (Lipinski definition) is 0. The average molecular weight is 314 g/mol. The molecule has 0 aliphatic rings. The van der Waals surface area contributed by atoms with Crippen LogP contribution in [-0.4, -0.2) is 4.57 Å². The Morgan fingerprint density at radius 3 is 2.37 bits per heavy atom. The van der Waals surface area contributed by atoms with E-state index < -0.39 is 0 Å². The van der Waals surface area contributed by atoms with Crippen molar-refractivity contribution in [1.82, 2.24) is 4.57 Å². The first kappa shape index (κ1) is 12.2. The fraction of sp³-hybridized carbons (Fsp3) is 0.0625. The van der Waals surface area contributed by atoms with Crippen LogP contribution in [0.1, 0.15) is 5.56 Å². The molecule has 0 fully saturated rings. The van der Waals surface area contributed by atoms with Crippen LogP contribution in [0.4, 0.5) is 0 Å². The van der Waals surface area contributed by atoms with E-state index in [1.807, 2.05) is 54.6 Å². The van der Waals surface area contributed by atoms with Crippen LogP contribution in [0.2, 0.25) is 0 Å². The molecular formula is C16H12BrNO. The molecule has 2 nitrogen and oxygen atoms in total. The summed E-state index contributed by atoms with van der Waals surface area (Å²) in [5.74, 6) is 0. The van der Waals surface area contributed by atoms with E-state index in [2.05, 4.69) is 15.9 Å². The van der Waals surface area contributed by atoms with Crippen LogP contribution in [0.5, 0.6) is 0 Å². The van der Waals surface area contributed by atoms with Gasteiger partial charge in [-0.05, 0) is 35.2 Å². The lowest BCUT2D eigenvalue weighted by atomic mass is 10.2. The van der Waals surface area contributed by atoms with E-state index in [4.69, 9.17) is 0 Å². The van der Waals surface area contributed by atoms with Gasteiger partial charge < -0.3 is 0 Å². The molecule has 0 unspecified atom stereocenters. The Labute approximate surface area is 119 Å². The minimum Gasteiger partial charge on any atom is -0.277 e. The van der Waals surface area contributed by atoms with Gasteiger partial charge in [0.2, 0.25) is 0 Å². The standard InChI is InChI=1S/C16H12BrNO/c17-11-12-5-8-14(9-6-12)18-15-4-2-1-3-13(15)7-10-16(18)19/h1-10H,11H2. The van der Waals surface area contributed by atoms with Crippen LogP contribution >= 0.6 is 15.9 Å². The Morgan fingerprint density at radius 2 is 1.63 bits per heavy atom. The first-order valence-corrected chi connectivity index (χ1v) is 7.18. The highest BCUT2D eigenvalue weighted by atomic mass is 79.9. The number of aromatic nitrogens is 1. The summed E-state index contributed by atoms with van der Waals surface area (Å²) in [5, 5.41) is 1.88. The van der Waals surface area contributed by atoms with Gasteiger partial charge in [0.05, 0.1) is 5.52 Å². The third kappa shape index (κ3) is 2.22. The van der Waals surface area contributed by atoms with Gasteiger partial charge in [-0.25, -0.2) is 0 Å². The Hall–Kier alpha value is -1.87. The number of rotatable bonds is 2. The minimum absolute atomic E-state index is 0.00899. The first-order chi connectivity index (χ1) is 9.29. The second-order valence-corrected chi connectivity index (χ2v) is 4.93. The minimum atomic E-state index is -0.00899. The summed E-state index contributed by atoms with van der Waals surface area (Å²) in [4.78, 5) is 12.1. The van der Waals surface area contributed by atoms with Gasteiger partial charge in [0, 0.05) is 17.1 Å². The number of nitrogens with zero attached hydrogens (tertiary/aromatic N) is 1. The Kier molecular flexibility index (Phi) is 3.22. The zero-order valence-corrected chi connectivity index (χ0v) is 11.8. The second kappa shape index (κ2) is 5.02. The molecule has 2 aromatic carbocycles. The third-order valence-corrected chi connectivity index (χ3v) is 3.80. The fourth-order valence-corrected chi connectivity index (χ4v) is 2.56. The lowest BCUT2D eigenvalue weighted by Crippen LogP contribution is -2.17. The van der Waals surface area contributed by atoms with Crippen molar-refractivity contribution in [1.29, 1.82) is 0 Å². The molecule has 94 valence electrons. The van der Waals surface area contributed by atoms with E-state index >= 15 is 0 Å². The maximum atomic E-state index is 12.1. The molecule has 0 aliphatic carbocycles. The van der Waals surface area contributed by atoms with Gasteiger partial charge in [-0.15, -0.1) is 0 Å². The highest BCUT2D eigenvalue weighted by Crippen LogP contribution is 2.17. The number of para-hydroxylation sites is 1. The quantitative estimate of drug-likeness (QED) is 0.658. The van der Waals surface area contributed by atoms with Gasteiger partial charge in [-0.1, -0.05) is 46.3 Å². The van der Waals surface area contributed by atoms with Crippen LogP contribution in [0.15, 0.2) is 65.5 Å². The van der Waals surface area contributed by atoms with Crippen LogP contribution in [0.3, 0.4) is 0 Å². The summed E-state index contributed by atoms with van der Waals surface area (Å²) in [7, 11) is 0. The van der Waals surface area contributed by atoms with E-state index in [0.717, 1.165) is 21.9 Å². The second-order valence-electron chi connectivity index (χ2n) is 4.37. The molecule has 0 spiro atoms. The maximum absolute atomic E-state index is 12.1. The van der Waals surface area contributed by atoms with Gasteiger partial charge in [-0.3, -0.25) is 9.36 Å². The summed E-state index contributed by atoms with van der Waals surface area (Å²) >= 11 is 3.42. The average Bonchev–Trinajstić information content (AvgIpc) is 2.47. The molecule has 0 saturated carbocycles.